The summed E-state index contributed by atoms with van der Waals surface area (Å²) in [5, 5.41) is 2.88. The zero-order chi connectivity index (χ0) is 14.0. The van der Waals surface area contributed by atoms with Crippen LogP contribution >= 0.6 is 11.8 Å². The number of hydrogen-bond acceptors (Lipinski definition) is 3. The smallest absolute Gasteiger partial charge is 0.251 e. The molecule has 4 nitrogen and oxygen atoms in total. The van der Waals surface area contributed by atoms with E-state index in [1.54, 1.807) is 18.0 Å². The fraction of sp³-hybridized carbons (Fsp3) is 0.429. The van der Waals surface area contributed by atoms with E-state index in [4.69, 9.17) is 0 Å². The number of carbonyl (C=O) groups excluding carboxylic acids is 2. The summed E-state index contributed by atoms with van der Waals surface area (Å²) in [5.41, 5.74) is 1.42. The molecule has 19 heavy (non-hydrogen) atoms. The fourth-order valence-corrected chi connectivity index (χ4v) is 2.79. The van der Waals surface area contributed by atoms with E-state index in [0.717, 1.165) is 10.6 Å². The van der Waals surface area contributed by atoms with Crippen LogP contribution in [0.4, 0.5) is 5.69 Å². The summed E-state index contributed by atoms with van der Waals surface area (Å²) < 4.78 is 0. The standard InChI is InChI=1S/C14H18N2O2S/c1-9(2)7-15-14(18)10-4-5-12-11(6-10)16(3)13(17)8-19-12/h4-6,9H,7-8H2,1-3H3,(H,15,18). The van der Waals surface area contributed by atoms with Gasteiger partial charge in [-0.05, 0) is 24.1 Å². The second kappa shape index (κ2) is 5.65. The predicted molar refractivity (Wildman–Crippen MR) is 77.7 cm³/mol. The van der Waals surface area contributed by atoms with Gasteiger partial charge in [-0.2, -0.15) is 0 Å². The summed E-state index contributed by atoms with van der Waals surface area (Å²) in [7, 11) is 1.75. The van der Waals surface area contributed by atoms with E-state index in [2.05, 4.69) is 19.2 Å². The van der Waals surface area contributed by atoms with Gasteiger partial charge in [0.05, 0.1) is 11.4 Å². The number of thioether (sulfide) groups is 1. The molecule has 0 saturated heterocycles. The largest absolute Gasteiger partial charge is 0.352 e. The highest BCUT2D eigenvalue weighted by Crippen LogP contribution is 2.35. The van der Waals surface area contributed by atoms with E-state index < -0.39 is 0 Å². The highest BCUT2D eigenvalue weighted by Gasteiger charge is 2.22. The monoisotopic (exact) mass is 278 g/mol. The first kappa shape index (κ1) is 13.9. The molecule has 1 aliphatic heterocycles. The molecule has 1 aliphatic rings. The molecule has 1 heterocycles. The maximum atomic E-state index is 12.0. The Morgan fingerprint density at radius 1 is 1.47 bits per heavy atom. The van der Waals surface area contributed by atoms with E-state index in [-0.39, 0.29) is 11.8 Å². The molecule has 0 atom stereocenters. The Kier molecular flexibility index (Phi) is 4.14. The Morgan fingerprint density at radius 3 is 2.89 bits per heavy atom. The molecule has 0 saturated carbocycles. The Bertz CT molecular complexity index is 514. The van der Waals surface area contributed by atoms with Crippen molar-refractivity contribution in [2.24, 2.45) is 5.92 Å². The molecule has 1 aromatic rings. The van der Waals surface area contributed by atoms with Crippen molar-refractivity contribution in [2.75, 3.05) is 24.2 Å². The molecular formula is C14H18N2O2S. The van der Waals surface area contributed by atoms with Crippen molar-refractivity contribution < 1.29 is 9.59 Å². The van der Waals surface area contributed by atoms with Crippen molar-refractivity contribution in [1.29, 1.82) is 0 Å². The first-order valence-electron chi connectivity index (χ1n) is 6.30. The molecule has 0 radical (unpaired) electrons. The molecule has 0 spiro atoms. The van der Waals surface area contributed by atoms with E-state index in [1.807, 2.05) is 12.1 Å². The molecular weight excluding hydrogens is 260 g/mol. The minimum atomic E-state index is -0.0899. The SMILES string of the molecule is CC(C)CNC(=O)c1ccc2c(c1)N(C)C(=O)CS2. The summed E-state index contributed by atoms with van der Waals surface area (Å²) >= 11 is 1.52. The first-order chi connectivity index (χ1) is 8.99. The number of carbonyl (C=O) groups is 2. The van der Waals surface area contributed by atoms with Gasteiger partial charge in [-0.15, -0.1) is 11.8 Å². The molecule has 5 heteroatoms. The van der Waals surface area contributed by atoms with Gasteiger partial charge < -0.3 is 10.2 Å². The van der Waals surface area contributed by atoms with Gasteiger partial charge in [-0.25, -0.2) is 0 Å². The lowest BCUT2D eigenvalue weighted by atomic mass is 10.1. The molecule has 2 amide bonds. The van der Waals surface area contributed by atoms with Crippen LogP contribution in [0, 0.1) is 5.92 Å². The molecule has 0 aromatic heterocycles. The lowest BCUT2D eigenvalue weighted by Gasteiger charge is -2.25. The van der Waals surface area contributed by atoms with Crippen LogP contribution in [-0.2, 0) is 4.79 Å². The zero-order valence-corrected chi connectivity index (χ0v) is 12.2. The molecule has 1 N–H and O–H groups in total. The second-order valence-corrected chi connectivity index (χ2v) is 6.04. The van der Waals surface area contributed by atoms with E-state index in [1.165, 1.54) is 11.8 Å². The van der Waals surface area contributed by atoms with Crippen LogP contribution < -0.4 is 10.2 Å². The van der Waals surface area contributed by atoms with Gasteiger partial charge in [-0.3, -0.25) is 9.59 Å². The molecule has 0 bridgehead atoms. The number of anilines is 1. The fourth-order valence-electron chi connectivity index (χ4n) is 1.81. The highest BCUT2D eigenvalue weighted by molar-refractivity contribution is 8.00. The molecule has 102 valence electrons. The van der Waals surface area contributed by atoms with Crippen LogP contribution in [0.2, 0.25) is 0 Å². The number of amides is 2. The van der Waals surface area contributed by atoms with Crippen LogP contribution in [0.15, 0.2) is 23.1 Å². The van der Waals surface area contributed by atoms with Gasteiger partial charge in [0.15, 0.2) is 0 Å². The van der Waals surface area contributed by atoms with Crippen molar-refractivity contribution in [3.63, 3.8) is 0 Å². The molecule has 1 aromatic carbocycles. The summed E-state index contributed by atoms with van der Waals surface area (Å²) in [6.07, 6.45) is 0. The molecule has 0 unspecified atom stereocenters. The third-order valence-electron chi connectivity index (χ3n) is 2.98. The van der Waals surface area contributed by atoms with Crippen LogP contribution in [0.1, 0.15) is 24.2 Å². The Balaban J connectivity index is 2.20. The number of hydrogen-bond donors (Lipinski definition) is 1. The van der Waals surface area contributed by atoms with Crippen LogP contribution in [0.5, 0.6) is 0 Å². The number of benzene rings is 1. The number of nitrogens with zero attached hydrogens (tertiary/aromatic N) is 1. The molecule has 0 aliphatic carbocycles. The Hall–Kier alpha value is -1.49. The van der Waals surface area contributed by atoms with Crippen molar-refractivity contribution in [3.05, 3.63) is 23.8 Å². The average molecular weight is 278 g/mol. The van der Waals surface area contributed by atoms with Crippen molar-refractivity contribution in [3.8, 4) is 0 Å². The molecule has 0 fully saturated rings. The third-order valence-corrected chi connectivity index (χ3v) is 4.03. The Labute approximate surface area is 117 Å². The van der Waals surface area contributed by atoms with Crippen molar-refractivity contribution in [1.82, 2.24) is 5.32 Å². The van der Waals surface area contributed by atoms with Crippen LogP contribution in [0.3, 0.4) is 0 Å². The minimum absolute atomic E-state index is 0.0669. The third kappa shape index (κ3) is 3.10. The Morgan fingerprint density at radius 2 is 2.21 bits per heavy atom. The van der Waals surface area contributed by atoms with E-state index in [0.29, 0.717) is 23.8 Å². The number of nitrogens with one attached hydrogen (secondary N) is 1. The van der Waals surface area contributed by atoms with Gasteiger partial charge in [0.25, 0.3) is 5.91 Å². The van der Waals surface area contributed by atoms with E-state index in [9.17, 15) is 9.59 Å². The number of rotatable bonds is 3. The number of fused-ring (bicyclic) bond motifs is 1. The van der Waals surface area contributed by atoms with Gasteiger partial charge in [0.1, 0.15) is 0 Å². The molecule has 2 rings (SSSR count). The quantitative estimate of drug-likeness (QED) is 0.921. The van der Waals surface area contributed by atoms with Gasteiger partial charge >= 0.3 is 0 Å². The van der Waals surface area contributed by atoms with E-state index >= 15 is 0 Å². The lowest BCUT2D eigenvalue weighted by molar-refractivity contribution is -0.116. The maximum Gasteiger partial charge on any atom is 0.251 e. The highest BCUT2D eigenvalue weighted by atomic mass is 32.2. The van der Waals surface area contributed by atoms with Gasteiger partial charge in [0, 0.05) is 24.1 Å². The van der Waals surface area contributed by atoms with Gasteiger partial charge in [-0.1, -0.05) is 13.8 Å². The average Bonchev–Trinajstić information content (AvgIpc) is 2.40. The van der Waals surface area contributed by atoms with Crippen LogP contribution in [0.25, 0.3) is 0 Å². The summed E-state index contributed by atoms with van der Waals surface area (Å²) in [5.74, 6) is 0.856. The topological polar surface area (TPSA) is 49.4 Å². The zero-order valence-electron chi connectivity index (χ0n) is 11.4. The summed E-state index contributed by atoms with van der Waals surface area (Å²) in [4.78, 5) is 26.3. The maximum absolute atomic E-state index is 12.0. The predicted octanol–water partition coefficient (Wildman–Crippen LogP) is 2.14. The van der Waals surface area contributed by atoms with Crippen molar-refractivity contribution in [2.45, 2.75) is 18.7 Å². The van der Waals surface area contributed by atoms with Crippen molar-refractivity contribution >= 4 is 29.3 Å². The van der Waals surface area contributed by atoms with Crippen LogP contribution in [-0.4, -0.2) is 31.2 Å². The minimum Gasteiger partial charge on any atom is -0.352 e. The lowest BCUT2D eigenvalue weighted by Crippen LogP contribution is -2.32. The van der Waals surface area contributed by atoms with Gasteiger partial charge in [0.2, 0.25) is 5.91 Å². The summed E-state index contributed by atoms with van der Waals surface area (Å²) in [6.45, 7) is 4.76. The summed E-state index contributed by atoms with van der Waals surface area (Å²) in [6, 6.07) is 5.51. The second-order valence-electron chi connectivity index (χ2n) is 5.03. The normalized spacial score (nSPS) is 14.5. The first-order valence-corrected chi connectivity index (χ1v) is 7.29.